The van der Waals surface area contributed by atoms with Crippen molar-refractivity contribution in [3.63, 3.8) is 0 Å². The number of hydrogen-bond acceptors (Lipinski definition) is 2. The molecule has 0 aliphatic rings. The van der Waals surface area contributed by atoms with Crippen LogP contribution < -0.4 is 0 Å². The fraction of sp³-hybridized carbons (Fsp3) is 0.583. The van der Waals surface area contributed by atoms with Crippen molar-refractivity contribution in [3.05, 3.63) is 24.4 Å². The minimum Gasteiger partial charge on any atom is -0.250 e. The molecular weight excluding hydrogens is 190 g/mol. The molecule has 1 nitrogen and oxygen atoms in total. The van der Waals surface area contributed by atoms with E-state index in [2.05, 4.69) is 31.8 Å². The summed E-state index contributed by atoms with van der Waals surface area (Å²) in [6.45, 7) is 10.7. The van der Waals surface area contributed by atoms with Crippen LogP contribution in [-0.4, -0.2) is 10.7 Å². The third-order valence-electron chi connectivity index (χ3n) is 1.29. The van der Waals surface area contributed by atoms with E-state index in [1.165, 1.54) is 0 Å². The Labute approximate surface area is 92.3 Å². The van der Waals surface area contributed by atoms with Gasteiger partial charge in [0.25, 0.3) is 0 Å². The van der Waals surface area contributed by atoms with E-state index in [0.29, 0.717) is 5.41 Å². The van der Waals surface area contributed by atoms with Crippen LogP contribution in [0.4, 0.5) is 0 Å². The summed E-state index contributed by atoms with van der Waals surface area (Å²) in [4.78, 5) is 4.24. The van der Waals surface area contributed by atoms with E-state index in [1.54, 1.807) is 0 Å². The van der Waals surface area contributed by atoms with Gasteiger partial charge in [-0.2, -0.15) is 0 Å². The maximum Gasteiger partial charge on any atom is 0.0959 e. The molecule has 1 aromatic heterocycles. The molecular formula is C12H21NS. The van der Waals surface area contributed by atoms with Crippen molar-refractivity contribution < 1.29 is 0 Å². The summed E-state index contributed by atoms with van der Waals surface area (Å²) in [5, 5.41) is 1.12. The molecule has 0 bridgehead atoms. The second-order valence-corrected chi connectivity index (χ2v) is 5.01. The number of hydrogen-bond donors (Lipinski definition) is 0. The predicted octanol–water partition coefficient (Wildman–Crippen LogP) is 4.25. The SMILES string of the molecule is CC.CC(C)(C)CSc1ccccn1. The van der Waals surface area contributed by atoms with Crippen LogP contribution in [0, 0.1) is 5.41 Å². The van der Waals surface area contributed by atoms with Crippen LogP contribution in [0.5, 0.6) is 0 Å². The van der Waals surface area contributed by atoms with Crippen LogP contribution in [-0.2, 0) is 0 Å². The molecule has 0 spiro atoms. The Kier molecular flexibility index (Phi) is 6.64. The maximum atomic E-state index is 4.24. The summed E-state index contributed by atoms with van der Waals surface area (Å²) in [5.74, 6) is 1.12. The Balaban J connectivity index is 0.000000791. The molecule has 0 aliphatic carbocycles. The highest BCUT2D eigenvalue weighted by Crippen LogP contribution is 2.24. The Hall–Kier alpha value is -0.500. The van der Waals surface area contributed by atoms with Crippen molar-refractivity contribution >= 4 is 11.8 Å². The molecule has 0 saturated heterocycles. The Morgan fingerprint density at radius 2 is 1.86 bits per heavy atom. The smallest absolute Gasteiger partial charge is 0.0959 e. The molecule has 14 heavy (non-hydrogen) atoms. The standard InChI is InChI=1S/C10H15NS.C2H6/c1-10(2,3)8-12-9-6-4-5-7-11-9;1-2/h4-7H,8H2,1-3H3;1-2H3. The van der Waals surface area contributed by atoms with E-state index < -0.39 is 0 Å². The summed E-state index contributed by atoms with van der Waals surface area (Å²) >= 11 is 1.82. The fourth-order valence-electron chi connectivity index (χ4n) is 0.723. The minimum atomic E-state index is 0.377. The first-order chi connectivity index (χ1) is 6.58. The van der Waals surface area contributed by atoms with Crippen LogP contribution in [0.15, 0.2) is 29.4 Å². The van der Waals surface area contributed by atoms with Gasteiger partial charge in [0, 0.05) is 11.9 Å². The summed E-state index contributed by atoms with van der Waals surface area (Å²) in [7, 11) is 0. The van der Waals surface area contributed by atoms with E-state index in [4.69, 9.17) is 0 Å². The summed E-state index contributed by atoms with van der Waals surface area (Å²) in [6.07, 6.45) is 1.84. The van der Waals surface area contributed by atoms with Crippen molar-refractivity contribution in [2.75, 3.05) is 5.75 Å². The molecule has 0 fully saturated rings. The first kappa shape index (κ1) is 13.5. The molecule has 1 aromatic rings. The summed E-state index contributed by atoms with van der Waals surface area (Å²) < 4.78 is 0. The van der Waals surface area contributed by atoms with Gasteiger partial charge in [-0.15, -0.1) is 11.8 Å². The van der Waals surface area contributed by atoms with E-state index in [0.717, 1.165) is 10.8 Å². The van der Waals surface area contributed by atoms with Crippen LogP contribution in [0.25, 0.3) is 0 Å². The van der Waals surface area contributed by atoms with Crippen molar-refractivity contribution in [1.82, 2.24) is 4.98 Å². The number of nitrogens with zero attached hydrogens (tertiary/aromatic N) is 1. The predicted molar refractivity (Wildman–Crippen MR) is 65.8 cm³/mol. The van der Waals surface area contributed by atoms with Gasteiger partial charge in [-0.1, -0.05) is 40.7 Å². The highest BCUT2D eigenvalue weighted by molar-refractivity contribution is 7.99. The molecule has 0 aromatic carbocycles. The van der Waals surface area contributed by atoms with E-state index in [-0.39, 0.29) is 0 Å². The Bertz CT molecular complexity index is 226. The van der Waals surface area contributed by atoms with Gasteiger partial charge in [-0.05, 0) is 17.5 Å². The van der Waals surface area contributed by atoms with Crippen molar-refractivity contribution in [2.24, 2.45) is 5.41 Å². The molecule has 0 aliphatic heterocycles. The second kappa shape index (κ2) is 6.88. The van der Waals surface area contributed by atoms with Gasteiger partial charge in [0.05, 0.1) is 5.03 Å². The van der Waals surface area contributed by atoms with Gasteiger partial charge < -0.3 is 0 Å². The third kappa shape index (κ3) is 6.96. The van der Waals surface area contributed by atoms with Crippen molar-refractivity contribution in [1.29, 1.82) is 0 Å². The quantitative estimate of drug-likeness (QED) is 0.678. The Morgan fingerprint density at radius 3 is 2.29 bits per heavy atom. The third-order valence-corrected chi connectivity index (χ3v) is 2.84. The molecule has 1 heterocycles. The van der Waals surface area contributed by atoms with Crippen molar-refractivity contribution in [2.45, 2.75) is 39.6 Å². The molecule has 80 valence electrons. The van der Waals surface area contributed by atoms with Crippen LogP contribution in [0.1, 0.15) is 34.6 Å². The maximum absolute atomic E-state index is 4.24. The van der Waals surface area contributed by atoms with Gasteiger partial charge in [0.15, 0.2) is 0 Å². The first-order valence-corrected chi connectivity index (χ1v) is 6.10. The van der Waals surface area contributed by atoms with Gasteiger partial charge in [0.2, 0.25) is 0 Å². The lowest BCUT2D eigenvalue weighted by atomic mass is 10.0. The molecule has 0 unspecified atom stereocenters. The second-order valence-electron chi connectivity index (χ2n) is 4.02. The molecule has 1 rings (SSSR count). The summed E-state index contributed by atoms with van der Waals surface area (Å²) in [6, 6.07) is 6.02. The number of aromatic nitrogens is 1. The Morgan fingerprint density at radius 1 is 1.21 bits per heavy atom. The van der Waals surface area contributed by atoms with E-state index in [9.17, 15) is 0 Å². The largest absolute Gasteiger partial charge is 0.250 e. The zero-order valence-electron chi connectivity index (χ0n) is 9.87. The van der Waals surface area contributed by atoms with Gasteiger partial charge >= 0.3 is 0 Å². The number of pyridine rings is 1. The molecule has 0 atom stereocenters. The highest BCUT2D eigenvalue weighted by atomic mass is 32.2. The van der Waals surface area contributed by atoms with Gasteiger partial charge in [-0.3, -0.25) is 0 Å². The average molecular weight is 211 g/mol. The first-order valence-electron chi connectivity index (χ1n) is 5.12. The topological polar surface area (TPSA) is 12.9 Å². The van der Waals surface area contributed by atoms with E-state index >= 15 is 0 Å². The van der Waals surface area contributed by atoms with E-state index in [1.807, 2.05) is 43.9 Å². The highest BCUT2D eigenvalue weighted by Gasteiger charge is 2.10. The average Bonchev–Trinajstić information content (AvgIpc) is 2.19. The van der Waals surface area contributed by atoms with Gasteiger partial charge in [0.1, 0.15) is 0 Å². The molecule has 0 N–H and O–H groups in total. The lowest BCUT2D eigenvalue weighted by Gasteiger charge is -2.16. The zero-order chi connectivity index (χ0) is 11.0. The lowest BCUT2D eigenvalue weighted by Crippen LogP contribution is -2.08. The van der Waals surface area contributed by atoms with Gasteiger partial charge in [-0.25, -0.2) is 4.98 Å². The lowest BCUT2D eigenvalue weighted by molar-refractivity contribution is 0.480. The molecule has 0 amide bonds. The van der Waals surface area contributed by atoms with Crippen LogP contribution in [0.2, 0.25) is 0 Å². The molecule has 0 saturated carbocycles. The molecule has 0 radical (unpaired) electrons. The fourth-order valence-corrected chi connectivity index (χ4v) is 1.61. The molecule has 2 heteroatoms. The monoisotopic (exact) mass is 211 g/mol. The van der Waals surface area contributed by atoms with Crippen molar-refractivity contribution in [3.8, 4) is 0 Å². The minimum absolute atomic E-state index is 0.377. The van der Waals surface area contributed by atoms with Crippen LogP contribution >= 0.6 is 11.8 Å². The number of thioether (sulfide) groups is 1. The van der Waals surface area contributed by atoms with Crippen LogP contribution in [0.3, 0.4) is 0 Å². The normalized spacial score (nSPS) is 10.4. The zero-order valence-corrected chi connectivity index (χ0v) is 10.7. The summed E-state index contributed by atoms with van der Waals surface area (Å²) in [5.41, 5.74) is 0.377. The number of rotatable bonds is 2.